The molecule has 1 aliphatic rings. The van der Waals surface area contributed by atoms with Crippen LogP contribution in [0.1, 0.15) is 40.9 Å². The van der Waals surface area contributed by atoms with Crippen molar-refractivity contribution in [2.45, 2.75) is 38.6 Å². The molecule has 1 saturated carbocycles. The van der Waals surface area contributed by atoms with Crippen molar-refractivity contribution in [3.63, 3.8) is 0 Å². The number of carbonyl (C=O) groups excluding carboxylic acids is 1. The van der Waals surface area contributed by atoms with E-state index >= 15 is 0 Å². The second-order valence-corrected chi connectivity index (χ2v) is 6.04. The highest BCUT2D eigenvalue weighted by Gasteiger charge is 2.46. The fraction of sp³-hybridized carbons (Fsp3) is 0.353. The zero-order chi connectivity index (χ0) is 16.6. The molecular weight excluding hydrogens is 294 g/mol. The number of carbonyl (C=O) groups is 2. The van der Waals surface area contributed by atoms with Crippen LogP contribution in [0.25, 0.3) is 5.69 Å². The minimum Gasteiger partial charge on any atom is -0.480 e. The van der Waals surface area contributed by atoms with Gasteiger partial charge >= 0.3 is 5.97 Å². The van der Waals surface area contributed by atoms with Crippen molar-refractivity contribution in [2.24, 2.45) is 0 Å². The molecule has 0 saturated heterocycles. The van der Waals surface area contributed by atoms with Crippen LogP contribution in [0.2, 0.25) is 0 Å². The van der Waals surface area contributed by atoms with E-state index in [0.29, 0.717) is 24.1 Å². The van der Waals surface area contributed by atoms with Crippen molar-refractivity contribution >= 4 is 11.9 Å². The fourth-order valence-electron chi connectivity index (χ4n) is 2.88. The molecule has 1 aromatic heterocycles. The van der Waals surface area contributed by atoms with Gasteiger partial charge in [-0.1, -0.05) is 18.2 Å². The molecule has 23 heavy (non-hydrogen) atoms. The molecule has 0 atom stereocenters. The average Bonchev–Trinajstić information content (AvgIpc) is 2.84. The number of nitrogens with zero attached hydrogens (tertiary/aromatic N) is 2. The maximum absolute atomic E-state index is 12.5. The monoisotopic (exact) mass is 313 g/mol. The molecule has 6 heteroatoms. The number of hydrogen-bond acceptors (Lipinski definition) is 3. The number of hydrogen-bond donors (Lipinski definition) is 2. The molecule has 0 spiro atoms. The van der Waals surface area contributed by atoms with E-state index in [2.05, 4.69) is 10.4 Å². The lowest BCUT2D eigenvalue weighted by Crippen LogP contribution is -2.59. The van der Waals surface area contributed by atoms with E-state index in [9.17, 15) is 14.7 Å². The van der Waals surface area contributed by atoms with Gasteiger partial charge in [-0.2, -0.15) is 5.10 Å². The molecule has 1 amide bonds. The molecule has 0 unspecified atom stereocenters. The molecule has 1 aromatic carbocycles. The normalized spacial score (nSPS) is 15.7. The SMILES string of the molecule is Cc1ccccc1-n1ncc(C(=O)NC2(C(=O)O)CCC2)c1C. The highest BCUT2D eigenvalue weighted by atomic mass is 16.4. The number of aryl methyl sites for hydroxylation is 1. The Morgan fingerprint density at radius 1 is 1.26 bits per heavy atom. The Morgan fingerprint density at radius 2 is 1.96 bits per heavy atom. The van der Waals surface area contributed by atoms with E-state index in [1.165, 1.54) is 6.20 Å². The summed E-state index contributed by atoms with van der Waals surface area (Å²) < 4.78 is 1.71. The van der Waals surface area contributed by atoms with Crippen molar-refractivity contribution in [1.29, 1.82) is 0 Å². The maximum Gasteiger partial charge on any atom is 0.329 e. The van der Waals surface area contributed by atoms with E-state index in [0.717, 1.165) is 17.7 Å². The Balaban J connectivity index is 1.89. The second kappa shape index (κ2) is 5.53. The molecule has 6 nitrogen and oxygen atoms in total. The third kappa shape index (κ3) is 2.50. The van der Waals surface area contributed by atoms with Crippen LogP contribution < -0.4 is 5.32 Å². The van der Waals surface area contributed by atoms with Crippen LogP contribution in [0.4, 0.5) is 0 Å². The summed E-state index contributed by atoms with van der Waals surface area (Å²) in [6.07, 6.45) is 3.25. The average molecular weight is 313 g/mol. The first-order chi connectivity index (χ1) is 10.9. The summed E-state index contributed by atoms with van der Waals surface area (Å²) in [7, 11) is 0. The van der Waals surface area contributed by atoms with E-state index in [1.807, 2.05) is 38.1 Å². The van der Waals surface area contributed by atoms with Crippen LogP contribution in [0.15, 0.2) is 30.5 Å². The summed E-state index contributed by atoms with van der Waals surface area (Å²) in [4.78, 5) is 23.9. The van der Waals surface area contributed by atoms with Crippen LogP contribution >= 0.6 is 0 Å². The Labute approximate surface area is 134 Å². The van der Waals surface area contributed by atoms with Crippen LogP contribution in [-0.4, -0.2) is 32.3 Å². The zero-order valence-corrected chi connectivity index (χ0v) is 13.2. The molecule has 3 rings (SSSR count). The summed E-state index contributed by atoms with van der Waals surface area (Å²) in [6, 6.07) is 7.77. The molecule has 2 aromatic rings. The molecule has 0 bridgehead atoms. The largest absolute Gasteiger partial charge is 0.480 e. The summed E-state index contributed by atoms with van der Waals surface area (Å²) in [5.74, 6) is -1.36. The number of benzene rings is 1. The van der Waals surface area contributed by atoms with Gasteiger partial charge in [-0.15, -0.1) is 0 Å². The molecule has 1 aliphatic carbocycles. The lowest BCUT2D eigenvalue weighted by atomic mass is 9.76. The number of aromatic nitrogens is 2. The van der Waals surface area contributed by atoms with Crippen molar-refractivity contribution in [3.8, 4) is 5.69 Å². The van der Waals surface area contributed by atoms with Gasteiger partial charge in [-0.25, -0.2) is 9.48 Å². The minimum atomic E-state index is -1.12. The number of carboxylic acid groups (broad SMARTS) is 1. The van der Waals surface area contributed by atoms with Crippen molar-refractivity contribution in [1.82, 2.24) is 15.1 Å². The van der Waals surface area contributed by atoms with Crippen LogP contribution in [0.5, 0.6) is 0 Å². The minimum absolute atomic E-state index is 0.385. The quantitative estimate of drug-likeness (QED) is 0.906. The summed E-state index contributed by atoms with van der Waals surface area (Å²) in [5, 5.41) is 16.3. The topological polar surface area (TPSA) is 84.2 Å². The zero-order valence-electron chi connectivity index (χ0n) is 13.2. The van der Waals surface area contributed by atoms with E-state index in [4.69, 9.17) is 0 Å². The van der Waals surface area contributed by atoms with Gasteiger partial charge in [0.2, 0.25) is 0 Å². The van der Waals surface area contributed by atoms with Crippen molar-refractivity contribution in [3.05, 3.63) is 47.3 Å². The fourth-order valence-corrected chi connectivity index (χ4v) is 2.88. The molecule has 1 heterocycles. The molecule has 2 N–H and O–H groups in total. The second-order valence-electron chi connectivity index (χ2n) is 6.04. The molecule has 0 radical (unpaired) electrons. The standard InChI is InChI=1S/C17H19N3O3/c1-11-6-3-4-7-14(11)20-12(2)13(10-18-20)15(21)19-17(16(22)23)8-5-9-17/h3-4,6-7,10H,5,8-9H2,1-2H3,(H,19,21)(H,22,23). The van der Waals surface area contributed by atoms with Gasteiger partial charge in [0.1, 0.15) is 5.54 Å². The van der Waals surface area contributed by atoms with Gasteiger partial charge in [0.15, 0.2) is 0 Å². The lowest BCUT2D eigenvalue weighted by Gasteiger charge is -2.38. The predicted octanol–water partition coefficient (Wildman–Crippen LogP) is 2.23. The molecular formula is C17H19N3O3. The Kier molecular flexibility index (Phi) is 3.67. The number of para-hydroxylation sites is 1. The lowest BCUT2D eigenvalue weighted by molar-refractivity contribution is -0.148. The van der Waals surface area contributed by atoms with Gasteiger partial charge in [0.25, 0.3) is 5.91 Å². The number of nitrogens with one attached hydrogen (secondary N) is 1. The number of amides is 1. The van der Waals surface area contributed by atoms with Crippen LogP contribution in [0, 0.1) is 13.8 Å². The summed E-state index contributed by atoms with van der Waals surface area (Å²) >= 11 is 0. The van der Waals surface area contributed by atoms with Crippen molar-refractivity contribution < 1.29 is 14.7 Å². The first kappa shape index (κ1) is 15.3. The van der Waals surface area contributed by atoms with Crippen molar-refractivity contribution in [2.75, 3.05) is 0 Å². The smallest absolute Gasteiger partial charge is 0.329 e. The first-order valence-corrected chi connectivity index (χ1v) is 7.61. The number of aliphatic carboxylic acids is 1. The number of carboxylic acids is 1. The van der Waals surface area contributed by atoms with E-state index in [1.54, 1.807) is 4.68 Å². The van der Waals surface area contributed by atoms with Gasteiger partial charge in [-0.05, 0) is 44.7 Å². The van der Waals surface area contributed by atoms with Gasteiger partial charge < -0.3 is 10.4 Å². The van der Waals surface area contributed by atoms with E-state index < -0.39 is 11.5 Å². The third-order valence-electron chi connectivity index (χ3n) is 4.57. The van der Waals surface area contributed by atoms with Crippen LogP contribution in [0.3, 0.4) is 0 Å². The Morgan fingerprint density at radius 3 is 2.52 bits per heavy atom. The highest BCUT2D eigenvalue weighted by Crippen LogP contribution is 2.32. The Bertz CT molecular complexity index is 775. The first-order valence-electron chi connectivity index (χ1n) is 7.61. The molecule has 1 fully saturated rings. The summed E-state index contributed by atoms with van der Waals surface area (Å²) in [6.45, 7) is 3.78. The highest BCUT2D eigenvalue weighted by molar-refractivity contribution is 5.99. The Hall–Kier alpha value is -2.63. The van der Waals surface area contributed by atoms with Crippen LogP contribution in [-0.2, 0) is 4.79 Å². The third-order valence-corrected chi connectivity index (χ3v) is 4.57. The van der Waals surface area contributed by atoms with Gasteiger partial charge in [0, 0.05) is 0 Å². The number of rotatable bonds is 4. The predicted molar refractivity (Wildman–Crippen MR) is 84.7 cm³/mol. The van der Waals surface area contributed by atoms with E-state index in [-0.39, 0.29) is 5.91 Å². The molecule has 120 valence electrons. The van der Waals surface area contributed by atoms with Gasteiger partial charge in [-0.3, -0.25) is 4.79 Å². The summed E-state index contributed by atoms with van der Waals surface area (Å²) in [5.41, 5.74) is 1.93. The molecule has 0 aliphatic heterocycles. The van der Waals surface area contributed by atoms with Gasteiger partial charge in [0.05, 0.1) is 23.1 Å². The maximum atomic E-state index is 12.5.